The minimum Gasteiger partial charge on any atom is -0.462 e. The fraction of sp³-hybridized carbons (Fsp3) is 0.533. The first-order valence-corrected chi connectivity index (χ1v) is 8.01. The van der Waals surface area contributed by atoms with Gasteiger partial charge in [-0.25, -0.2) is 9.59 Å². The van der Waals surface area contributed by atoms with Crippen LogP contribution in [0.15, 0.2) is 0 Å². The monoisotopic (exact) mass is 381 g/mol. The highest BCUT2D eigenvalue weighted by Crippen LogP contribution is 2.35. The molecule has 1 rings (SSSR count). The molecular weight excluding hydrogens is 363 g/mol. The van der Waals surface area contributed by atoms with E-state index < -0.39 is 34.6 Å². The number of thiophene rings is 1. The van der Waals surface area contributed by atoms with Crippen LogP contribution in [0.4, 0.5) is 18.2 Å². The van der Waals surface area contributed by atoms with Crippen LogP contribution in [-0.2, 0) is 14.3 Å². The SMILES string of the molecule is CCOC(=O)c1c(NC(=O)C(F)(F)F)sc(C(=O)OC(C)(C)C)c1C. The number of halogens is 3. The molecule has 0 saturated carbocycles. The van der Waals surface area contributed by atoms with Gasteiger partial charge in [-0.2, -0.15) is 13.2 Å². The molecule has 0 radical (unpaired) electrons. The van der Waals surface area contributed by atoms with E-state index in [0.29, 0.717) is 11.3 Å². The Balaban J connectivity index is 3.34. The van der Waals surface area contributed by atoms with E-state index in [1.165, 1.54) is 13.8 Å². The fourth-order valence-electron chi connectivity index (χ4n) is 1.74. The van der Waals surface area contributed by atoms with E-state index in [4.69, 9.17) is 9.47 Å². The minimum absolute atomic E-state index is 0.0252. The van der Waals surface area contributed by atoms with Crippen LogP contribution in [0.5, 0.6) is 0 Å². The summed E-state index contributed by atoms with van der Waals surface area (Å²) in [5.74, 6) is -4.01. The summed E-state index contributed by atoms with van der Waals surface area (Å²) in [6.07, 6.45) is -5.14. The molecule has 0 aliphatic rings. The lowest BCUT2D eigenvalue weighted by molar-refractivity contribution is -0.167. The second-order valence-electron chi connectivity index (χ2n) is 5.93. The predicted octanol–water partition coefficient (Wildman–Crippen LogP) is 3.69. The number of hydrogen-bond acceptors (Lipinski definition) is 6. The Labute approximate surface area is 146 Å². The molecule has 25 heavy (non-hydrogen) atoms. The number of carbonyl (C=O) groups excluding carboxylic acids is 3. The number of rotatable bonds is 4. The van der Waals surface area contributed by atoms with Gasteiger partial charge >= 0.3 is 24.0 Å². The third-order valence-corrected chi connectivity index (χ3v) is 3.88. The minimum atomic E-state index is -5.14. The first-order chi connectivity index (χ1) is 11.3. The van der Waals surface area contributed by atoms with Gasteiger partial charge in [-0.15, -0.1) is 11.3 Å². The van der Waals surface area contributed by atoms with Crippen LogP contribution in [-0.4, -0.2) is 36.2 Å². The zero-order valence-electron chi connectivity index (χ0n) is 14.3. The Morgan fingerprint density at radius 1 is 1.12 bits per heavy atom. The highest BCUT2D eigenvalue weighted by Gasteiger charge is 2.40. The highest BCUT2D eigenvalue weighted by molar-refractivity contribution is 7.18. The van der Waals surface area contributed by atoms with E-state index in [9.17, 15) is 27.6 Å². The number of hydrogen-bond donors (Lipinski definition) is 1. The van der Waals surface area contributed by atoms with E-state index in [2.05, 4.69) is 0 Å². The molecule has 10 heteroatoms. The van der Waals surface area contributed by atoms with Crippen molar-refractivity contribution in [3.05, 3.63) is 16.0 Å². The summed E-state index contributed by atoms with van der Waals surface area (Å²) in [5, 5.41) is 1.20. The lowest BCUT2D eigenvalue weighted by Crippen LogP contribution is -2.30. The van der Waals surface area contributed by atoms with E-state index >= 15 is 0 Å². The smallest absolute Gasteiger partial charge is 0.462 e. The largest absolute Gasteiger partial charge is 0.471 e. The molecule has 1 amide bonds. The number of carbonyl (C=O) groups is 3. The van der Waals surface area contributed by atoms with Crippen molar-refractivity contribution in [2.24, 2.45) is 0 Å². The molecule has 0 aliphatic carbocycles. The number of alkyl halides is 3. The Morgan fingerprint density at radius 2 is 1.68 bits per heavy atom. The van der Waals surface area contributed by atoms with Gasteiger partial charge in [-0.3, -0.25) is 4.79 Å². The Kier molecular flexibility index (Phi) is 6.22. The second kappa shape index (κ2) is 7.42. The van der Waals surface area contributed by atoms with Crippen molar-refractivity contribution in [3.63, 3.8) is 0 Å². The van der Waals surface area contributed by atoms with Gasteiger partial charge in [0.2, 0.25) is 0 Å². The van der Waals surface area contributed by atoms with Crippen LogP contribution in [0.25, 0.3) is 0 Å². The molecule has 0 bridgehead atoms. The van der Waals surface area contributed by atoms with Crippen molar-refractivity contribution in [2.45, 2.75) is 46.4 Å². The van der Waals surface area contributed by atoms with E-state index in [1.807, 2.05) is 0 Å². The molecule has 1 aromatic rings. The second-order valence-corrected chi connectivity index (χ2v) is 6.96. The quantitative estimate of drug-likeness (QED) is 0.805. The molecule has 0 aliphatic heterocycles. The van der Waals surface area contributed by atoms with Crippen molar-refractivity contribution in [1.82, 2.24) is 0 Å². The summed E-state index contributed by atoms with van der Waals surface area (Å²) in [6, 6.07) is 0. The van der Waals surface area contributed by atoms with Crippen molar-refractivity contribution in [1.29, 1.82) is 0 Å². The molecule has 1 heterocycles. The summed E-state index contributed by atoms with van der Waals surface area (Å²) in [6.45, 7) is 7.71. The molecule has 0 saturated heterocycles. The third kappa shape index (κ3) is 5.45. The first kappa shape index (κ1) is 20.9. The lowest BCUT2D eigenvalue weighted by atomic mass is 10.1. The van der Waals surface area contributed by atoms with Gasteiger partial charge in [0.15, 0.2) is 0 Å². The van der Waals surface area contributed by atoms with Gasteiger partial charge in [0.05, 0.1) is 12.2 Å². The van der Waals surface area contributed by atoms with E-state index in [0.717, 1.165) is 0 Å². The topological polar surface area (TPSA) is 81.7 Å². The summed E-state index contributed by atoms with van der Waals surface area (Å²) in [4.78, 5) is 35.4. The van der Waals surface area contributed by atoms with Crippen LogP contribution in [0.2, 0.25) is 0 Å². The molecule has 140 valence electrons. The summed E-state index contributed by atoms with van der Waals surface area (Å²) in [5.41, 5.74) is -1.06. The van der Waals surface area contributed by atoms with E-state index in [1.54, 1.807) is 26.1 Å². The zero-order chi connectivity index (χ0) is 19.6. The third-order valence-electron chi connectivity index (χ3n) is 2.70. The van der Waals surface area contributed by atoms with Crippen LogP contribution < -0.4 is 5.32 Å². The van der Waals surface area contributed by atoms with Gasteiger partial charge in [0.25, 0.3) is 0 Å². The predicted molar refractivity (Wildman–Crippen MR) is 84.9 cm³/mol. The highest BCUT2D eigenvalue weighted by atomic mass is 32.1. The molecule has 6 nitrogen and oxygen atoms in total. The molecule has 0 aromatic carbocycles. The molecular formula is C15H18F3NO5S. The van der Waals surface area contributed by atoms with Gasteiger partial charge < -0.3 is 14.8 Å². The normalized spacial score (nSPS) is 11.8. The van der Waals surface area contributed by atoms with Crippen LogP contribution in [0.1, 0.15) is 53.3 Å². The Hall–Kier alpha value is -2.10. The molecule has 1 N–H and O–H groups in total. The molecule has 0 spiro atoms. The van der Waals surface area contributed by atoms with Gasteiger partial charge in [0.1, 0.15) is 15.5 Å². The Morgan fingerprint density at radius 3 is 2.12 bits per heavy atom. The number of esters is 2. The maximum Gasteiger partial charge on any atom is 0.471 e. The first-order valence-electron chi connectivity index (χ1n) is 7.20. The van der Waals surface area contributed by atoms with Crippen molar-refractivity contribution in [3.8, 4) is 0 Å². The van der Waals surface area contributed by atoms with Crippen molar-refractivity contribution < 1.29 is 37.0 Å². The standard InChI is InChI=1S/C15H18F3NO5S/c1-6-23-11(20)8-7(2)9(12(21)24-14(3,4)5)25-10(8)19-13(22)15(16,17)18/h6H2,1-5H3,(H,19,22). The van der Waals surface area contributed by atoms with Gasteiger partial charge in [0, 0.05) is 0 Å². The van der Waals surface area contributed by atoms with Gasteiger partial charge in [-0.1, -0.05) is 0 Å². The van der Waals surface area contributed by atoms with Crippen LogP contribution >= 0.6 is 11.3 Å². The summed E-state index contributed by atoms with van der Waals surface area (Å²) < 4.78 is 47.4. The van der Waals surface area contributed by atoms with Gasteiger partial charge in [-0.05, 0) is 40.2 Å². The molecule has 0 atom stereocenters. The maximum atomic E-state index is 12.5. The van der Waals surface area contributed by atoms with E-state index in [-0.39, 0.29) is 22.6 Å². The van der Waals surface area contributed by atoms with Crippen molar-refractivity contribution in [2.75, 3.05) is 11.9 Å². The molecule has 0 unspecified atom stereocenters. The molecule has 0 fully saturated rings. The lowest BCUT2D eigenvalue weighted by Gasteiger charge is -2.19. The average Bonchev–Trinajstić information content (AvgIpc) is 2.73. The van der Waals surface area contributed by atoms with Crippen LogP contribution in [0.3, 0.4) is 0 Å². The summed E-state index contributed by atoms with van der Waals surface area (Å²) >= 11 is 0.526. The average molecular weight is 381 g/mol. The molecule has 1 aromatic heterocycles. The maximum absolute atomic E-state index is 12.5. The fourth-order valence-corrected chi connectivity index (χ4v) is 2.81. The number of ether oxygens (including phenoxy) is 2. The number of anilines is 1. The van der Waals surface area contributed by atoms with Crippen LogP contribution in [0, 0.1) is 6.92 Å². The summed E-state index contributed by atoms with van der Waals surface area (Å²) in [7, 11) is 0. The zero-order valence-corrected chi connectivity index (χ0v) is 15.1. The number of nitrogens with one attached hydrogen (secondary N) is 1. The Bertz CT molecular complexity index is 689. The van der Waals surface area contributed by atoms with Crippen molar-refractivity contribution >= 4 is 34.2 Å². The number of amides is 1.